The highest BCUT2D eigenvalue weighted by molar-refractivity contribution is 5.96. The van der Waals surface area contributed by atoms with Crippen molar-refractivity contribution in [1.82, 2.24) is 15.5 Å². The van der Waals surface area contributed by atoms with E-state index in [0.717, 1.165) is 42.8 Å². The third-order valence-electron chi connectivity index (χ3n) is 5.72. The van der Waals surface area contributed by atoms with E-state index in [-0.39, 0.29) is 5.56 Å². The molecule has 3 aliphatic heterocycles. The fourth-order valence-electron chi connectivity index (χ4n) is 3.70. The Labute approximate surface area is 171 Å². The van der Waals surface area contributed by atoms with E-state index in [2.05, 4.69) is 42.8 Å². The van der Waals surface area contributed by atoms with Gasteiger partial charge in [0.1, 0.15) is 5.82 Å². The molecule has 1 aromatic carbocycles. The highest BCUT2D eigenvalue weighted by Gasteiger charge is 2.18. The fourth-order valence-corrected chi connectivity index (χ4v) is 3.70. The number of rotatable bonds is 3. The van der Waals surface area contributed by atoms with Crippen LogP contribution in [-0.2, 0) is 0 Å². The largest absolute Gasteiger partial charge is 0.322 e. The molecule has 3 aliphatic rings. The van der Waals surface area contributed by atoms with E-state index in [4.69, 9.17) is 0 Å². The van der Waals surface area contributed by atoms with Crippen molar-refractivity contribution in [3.8, 4) is 0 Å². The second kappa shape index (κ2) is 8.21. The predicted octanol–water partition coefficient (Wildman–Crippen LogP) is 4.47. The van der Waals surface area contributed by atoms with Crippen molar-refractivity contribution in [2.75, 3.05) is 13.1 Å². The molecule has 5 heteroatoms. The zero-order chi connectivity index (χ0) is 20.4. The van der Waals surface area contributed by atoms with Crippen molar-refractivity contribution in [3.05, 3.63) is 88.8 Å². The van der Waals surface area contributed by atoms with Crippen LogP contribution in [-0.4, -0.2) is 23.9 Å². The van der Waals surface area contributed by atoms with E-state index in [1.807, 2.05) is 29.3 Å². The monoisotopic (exact) mass is 391 g/mol. The molecule has 0 fully saturated rings. The predicted molar refractivity (Wildman–Crippen MR) is 114 cm³/mol. The van der Waals surface area contributed by atoms with Crippen LogP contribution in [0.25, 0.3) is 5.57 Å². The minimum absolute atomic E-state index is 0.0511. The van der Waals surface area contributed by atoms with Crippen molar-refractivity contribution in [2.24, 2.45) is 5.92 Å². The third-order valence-corrected chi connectivity index (χ3v) is 5.72. The van der Waals surface area contributed by atoms with Gasteiger partial charge in [-0.15, -0.1) is 0 Å². The van der Waals surface area contributed by atoms with Gasteiger partial charge in [-0.1, -0.05) is 30.7 Å². The van der Waals surface area contributed by atoms with Crippen LogP contribution in [0.1, 0.15) is 42.6 Å². The van der Waals surface area contributed by atoms with Gasteiger partial charge in [0.25, 0.3) is 5.91 Å². The van der Waals surface area contributed by atoms with Gasteiger partial charge in [0, 0.05) is 24.6 Å². The van der Waals surface area contributed by atoms with E-state index in [0.29, 0.717) is 11.6 Å². The molecule has 1 amide bonds. The third kappa shape index (κ3) is 4.25. The Bertz CT molecular complexity index is 984. The normalized spacial score (nSPS) is 21.3. The molecule has 1 atom stereocenters. The van der Waals surface area contributed by atoms with Gasteiger partial charge in [0.05, 0.1) is 11.3 Å². The number of hydrogen-bond donors (Lipinski definition) is 2. The lowest BCUT2D eigenvalue weighted by Gasteiger charge is -2.22. The number of carbonyl (C=O) groups excluding carboxylic acids is 1. The fraction of sp³-hybridized carbons (Fsp3) is 0.292. The second-order valence-corrected chi connectivity index (χ2v) is 7.80. The van der Waals surface area contributed by atoms with Crippen LogP contribution in [0.3, 0.4) is 0 Å². The van der Waals surface area contributed by atoms with Crippen LogP contribution >= 0.6 is 0 Å². The number of hydrogen-bond acceptors (Lipinski definition) is 3. The summed E-state index contributed by atoms with van der Waals surface area (Å²) in [5, 5.41) is 6.07. The van der Waals surface area contributed by atoms with Crippen molar-refractivity contribution in [3.63, 3.8) is 0 Å². The van der Waals surface area contributed by atoms with Crippen molar-refractivity contribution < 1.29 is 9.18 Å². The van der Waals surface area contributed by atoms with Crippen molar-refractivity contribution >= 4 is 11.5 Å². The minimum atomic E-state index is -0.500. The molecule has 4 nitrogen and oxygen atoms in total. The summed E-state index contributed by atoms with van der Waals surface area (Å²) in [7, 11) is 0. The molecule has 0 aliphatic carbocycles. The molecule has 29 heavy (non-hydrogen) atoms. The van der Waals surface area contributed by atoms with Gasteiger partial charge in [-0.05, 0) is 67.6 Å². The van der Waals surface area contributed by atoms with E-state index in [1.165, 1.54) is 11.6 Å². The Morgan fingerprint density at radius 3 is 2.86 bits per heavy atom. The number of nitrogens with zero attached hydrogens (tertiary/aromatic N) is 1. The van der Waals surface area contributed by atoms with Gasteiger partial charge in [-0.2, -0.15) is 0 Å². The number of nitrogens with one attached hydrogen (secondary N) is 2. The standard InChI is InChI=1S/C24H26FN3O/c1-16-3-6-21-7-5-20(15-28(21)14-17(16)2)27-24(29)22-8-4-19(13-23(22)25)18-9-11-26-12-10-18/h4-9,13-16,26H,3,10-12H2,1-2H3,(H,27,29). The SMILES string of the molecule is CC1=CN2C=C(NC(=O)c3ccc(C4=CCNCC4)cc3F)C=CC2=CCC1C. The first-order chi connectivity index (χ1) is 14.0. The van der Waals surface area contributed by atoms with Crippen LogP contribution in [0.4, 0.5) is 4.39 Å². The lowest BCUT2D eigenvalue weighted by Crippen LogP contribution is -2.26. The highest BCUT2D eigenvalue weighted by atomic mass is 19.1. The van der Waals surface area contributed by atoms with Crippen LogP contribution in [0.2, 0.25) is 0 Å². The van der Waals surface area contributed by atoms with E-state index >= 15 is 0 Å². The summed E-state index contributed by atoms with van der Waals surface area (Å²) in [6, 6.07) is 4.85. The van der Waals surface area contributed by atoms with E-state index < -0.39 is 11.7 Å². The first-order valence-electron chi connectivity index (χ1n) is 10.1. The molecule has 4 rings (SSSR count). The molecule has 0 saturated heterocycles. The van der Waals surface area contributed by atoms with Crippen LogP contribution in [0, 0.1) is 11.7 Å². The molecule has 2 N–H and O–H groups in total. The molecule has 0 aromatic heterocycles. The van der Waals surface area contributed by atoms with Crippen LogP contribution in [0.15, 0.2) is 71.9 Å². The van der Waals surface area contributed by atoms with Gasteiger partial charge in [0.15, 0.2) is 0 Å². The highest BCUT2D eigenvalue weighted by Crippen LogP contribution is 2.27. The summed E-state index contributed by atoms with van der Waals surface area (Å²) in [5.74, 6) is -0.462. The Hall–Kier alpha value is -2.92. The molecule has 0 spiro atoms. The zero-order valence-electron chi connectivity index (χ0n) is 16.8. The molecule has 1 aromatic rings. The number of carbonyl (C=O) groups is 1. The average molecular weight is 391 g/mol. The van der Waals surface area contributed by atoms with E-state index in [1.54, 1.807) is 6.07 Å². The van der Waals surface area contributed by atoms with Gasteiger partial charge in [-0.3, -0.25) is 4.79 Å². The number of halogens is 1. The topological polar surface area (TPSA) is 44.4 Å². The zero-order valence-corrected chi connectivity index (χ0v) is 16.8. The summed E-state index contributed by atoms with van der Waals surface area (Å²) >= 11 is 0. The minimum Gasteiger partial charge on any atom is -0.322 e. The average Bonchev–Trinajstić information content (AvgIpc) is 2.86. The molecule has 0 bridgehead atoms. The second-order valence-electron chi connectivity index (χ2n) is 7.80. The van der Waals surface area contributed by atoms with Crippen LogP contribution in [0.5, 0.6) is 0 Å². The number of fused-ring (bicyclic) bond motifs is 1. The quantitative estimate of drug-likeness (QED) is 0.799. The Morgan fingerprint density at radius 1 is 1.24 bits per heavy atom. The molecule has 1 unspecified atom stereocenters. The van der Waals surface area contributed by atoms with E-state index in [9.17, 15) is 9.18 Å². The number of amides is 1. The van der Waals surface area contributed by atoms with Crippen molar-refractivity contribution in [2.45, 2.75) is 26.7 Å². The molecular formula is C24H26FN3O. The summed E-state index contributed by atoms with van der Waals surface area (Å²) in [6.45, 7) is 5.99. The first kappa shape index (κ1) is 19.4. The molecule has 3 heterocycles. The molecule has 0 radical (unpaired) electrons. The van der Waals surface area contributed by atoms with Gasteiger partial charge in [0.2, 0.25) is 0 Å². The number of allylic oxidation sites excluding steroid dienone is 4. The Morgan fingerprint density at radius 2 is 2.10 bits per heavy atom. The lowest BCUT2D eigenvalue weighted by atomic mass is 9.98. The Balaban J connectivity index is 1.51. The smallest absolute Gasteiger partial charge is 0.258 e. The summed E-state index contributed by atoms with van der Waals surface area (Å²) in [6.07, 6.45) is 13.9. The maximum Gasteiger partial charge on any atom is 0.258 e. The summed E-state index contributed by atoms with van der Waals surface area (Å²) in [4.78, 5) is 14.7. The maximum absolute atomic E-state index is 14.7. The Kier molecular flexibility index (Phi) is 5.49. The van der Waals surface area contributed by atoms with Crippen LogP contribution < -0.4 is 10.6 Å². The summed E-state index contributed by atoms with van der Waals surface area (Å²) in [5.41, 5.74) is 5.00. The van der Waals surface area contributed by atoms with Gasteiger partial charge in [-0.25, -0.2) is 4.39 Å². The number of benzene rings is 1. The lowest BCUT2D eigenvalue weighted by molar-refractivity contribution is 0.0962. The van der Waals surface area contributed by atoms with Gasteiger partial charge < -0.3 is 15.5 Å². The maximum atomic E-state index is 14.7. The molecular weight excluding hydrogens is 365 g/mol. The molecule has 150 valence electrons. The summed E-state index contributed by atoms with van der Waals surface area (Å²) < 4.78 is 14.7. The molecule has 0 saturated carbocycles. The van der Waals surface area contributed by atoms with Crippen molar-refractivity contribution in [1.29, 1.82) is 0 Å². The van der Waals surface area contributed by atoms with Gasteiger partial charge >= 0.3 is 0 Å². The first-order valence-corrected chi connectivity index (χ1v) is 10.1.